The first kappa shape index (κ1) is 13.4. The van der Waals surface area contributed by atoms with Gasteiger partial charge in [0, 0.05) is 26.2 Å². The Morgan fingerprint density at radius 1 is 1.16 bits per heavy atom. The Balaban J connectivity index is 2.02. The maximum Gasteiger partial charge on any atom is 0.435 e. The summed E-state index contributed by atoms with van der Waals surface area (Å²) >= 11 is 0. The smallest absolute Gasteiger partial charge is 0.435 e. The number of anilines is 1. The molecule has 0 bridgehead atoms. The van der Waals surface area contributed by atoms with Crippen LogP contribution < -0.4 is 4.90 Å². The van der Waals surface area contributed by atoms with Gasteiger partial charge in [-0.3, -0.25) is 0 Å². The minimum absolute atomic E-state index is 0.290. The number of piperazine rings is 1. The molecule has 1 amide bonds. The largest absolute Gasteiger partial charge is 0.465 e. The summed E-state index contributed by atoms with van der Waals surface area (Å²) in [5.41, 5.74) is -1.04. The summed E-state index contributed by atoms with van der Waals surface area (Å²) in [5.74, 6) is 0.318. The molecule has 1 aromatic rings. The van der Waals surface area contributed by atoms with Crippen LogP contribution in [0.5, 0.6) is 0 Å². The van der Waals surface area contributed by atoms with E-state index in [2.05, 4.69) is 10.2 Å². The number of amides is 1. The Morgan fingerprint density at radius 2 is 1.79 bits per heavy atom. The standard InChI is InChI=1S/C10H11F3N4O2/c11-10(12,13)7-1-2-8(15-14-7)16-3-5-17(6-4-16)9(18)19/h1-2H,3-6H2,(H,18,19). The normalized spacial score (nSPS) is 16.6. The van der Waals surface area contributed by atoms with Crippen molar-refractivity contribution < 1.29 is 23.1 Å². The highest BCUT2D eigenvalue weighted by Gasteiger charge is 2.33. The molecule has 19 heavy (non-hydrogen) atoms. The Labute approximate surface area is 106 Å². The molecule has 0 aliphatic carbocycles. The molecule has 1 aromatic heterocycles. The monoisotopic (exact) mass is 276 g/mol. The molecule has 0 atom stereocenters. The Hall–Kier alpha value is -2.06. The van der Waals surface area contributed by atoms with Gasteiger partial charge in [-0.15, -0.1) is 10.2 Å². The molecular weight excluding hydrogens is 265 g/mol. The topological polar surface area (TPSA) is 69.6 Å². The first-order valence-corrected chi connectivity index (χ1v) is 5.51. The molecule has 0 saturated carbocycles. The fraction of sp³-hybridized carbons (Fsp3) is 0.500. The maximum atomic E-state index is 12.3. The van der Waals surface area contributed by atoms with Crippen molar-refractivity contribution in [3.8, 4) is 0 Å². The van der Waals surface area contributed by atoms with E-state index in [0.29, 0.717) is 18.9 Å². The van der Waals surface area contributed by atoms with E-state index < -0.39 is 18.0 Å². The SMILES string of the molecule is O=C(O)N1CCN(c2ccc(C(F)(F)F)nn2)CC1. The molecule has 2 rings (SSSR count). The molecule has 0 unspecified atom stereocenters. The van der Waals surface area contributed by atoms with Gasteiger partial charge in [-0.25, -0.2) is 4.79 Å². The van der Waals surface area contributed by atoms with Crippen molar-refractivity contribution in [1.29, 1.82) is 0 Å². The Kier molecular flexibility index (Phi) is 3.45. The molecule has 1 aliphatic heterocycles. The predicted octanol–water partition coefficient (Wildman–Crippen LogP) is 1.30. The number of hydrogen-bond acceptors (Lipinski definition) is 4. The number of hydrogen-bond donors (Lipinski definition) is 1. The van der Waals surface area contributed by atoms with E-state index in [1.165, 1.54) is 11.0 Å². The van der Waals surface area contributed by atoms with E-state index in [4.69, 9.17) is 5.11 Å². The molecule has 0 aromatic carbocycles. The summed E-state index contributed by atoms with van der Waals surface area (Å²) < 4.78 is 36.9. The molecule has 0 spiro atoms. The van der Waals surface area contributed by atoms with Gasteiger partial charge in [0.2, 0.25) is 0 Å². The number of rotatable bonds is 1. The van der Waals surface area contributed by atoms with Gasteiger partial charge in [-0.05, 0) is 12.1 Å². The van der Waals surface area contributed by atoms with E-state index in [1.807, 2.05) is 0 Å². The molecule has 9 heteroatoms. The third kappa shape index (κ3) is 3.04. The van der Waals surface area contributed by atoms with Gasteiger partial charge in [-0.1, -0.05) is 0 Å². The summed E-state index contributed by atoms with van der Waals surface area (Å²) in [5, 5.41) is 15.4. The summed E-state index contributed by atoms with van der Waals surface area (Å²) in [6, 6.07) is 2.11. The van der Waals surface area contributed by atoms with E-state index in [9.17, 15) is 18.0 Å². The number of halogens is 3. The van der Waals surface area contributed by atoms with Crippen LogP contribution in [0.25, 0.3) is 0 Å². The van der Waals surface area contributed by atoms with Crippen LogP contribution in [-0.2, 0) is 6.18 Å². The first-order valence-electron chi connectivity index (χ1n) is 5.51. The molecule has 2 heterocycles. The third-order valence-corrected chi connectivity index (χ3v) is 2.82. The van der Waals surface area contributed by atoms with Crippen molar-refractivity contribution in [3.63, 3.8) is 0 Å². The molecule has 1 saturated heterocycles. The zero-order valence-electron chi connectivity index (χ0n) is 9.76. The van der Waals surface area contributed by atoms with Crippen LogP contribution in [0.4, 0.5) is 23.8 Å². The molecule has 0 radical (unpaired) electrons. The number of nitrogens with zero attached hydrogens (tertiary/aromatic N) is 4. The molecule has 1 fully saturated rings. The fourth-order valence-electron chi connectivity index (χ4n) is 1.77. The fourth-order valence-corrected chi connectivity index (χ4v) is 1.77. The van der Waals surface area contributed by atoms with Gasteiger partial charge in [0.1, 0.15) is 0 Å². The highest BCUT2D eigenvalue weighted by molar-refractivity contribution is 5.65. The lowest BCUT2D eigenvalue weighted by molar-refractivity contribution is -0.141. The van der Waals surface area contributed by atoms with Crippen LogP contribution in [-0.4, -0.2) is 52.5 Å². The van der Waals surface area contributed by atoms with Gasteiger partial charge < -0.3 is 14.9 Å². The van der Waals surface area contributed by atoms with Gasteiger partial charge >= 0.3 is 12.3 Å². The Bertz CT molecular complexity index is 455. The minimum Gasteiger partial charge on any atom is -0.465 e. The van der Waals surface area contributed by atoms with Crippen molar-refractivity contribution in [3.05, 3.63) is 17.8 Å². The van der Waals surface area contributed by atoms with Crippen LogP contribution in [0.15, 0.2) is 12.1 Å². The average Bonchev–Trinajstić information content (AvgIpc) is 2.38. The lowest BCUT2D eigenvalue weighted by Gasteiger charge is -2.33. The lowest BCUT2D eigenvalue weighted by atomic mass is 10.3. The number of carbonyl (C=O) groups is 1. The Morgan fingerprint density at radius 3 is 2.21 bits per heavy atom. The highest BCUT2D eigenvalue weighted by atomic mass is 19.4. The molecule has 104 valence electrons. The van der Waals surface area contributed by atoms with E-state index in [1.54, 1.807) is 4.90 Å². The molecule has 1 N–H and O–H groups in total. The maximum absolute atomic E-state index is 12.3. The van der Waals surface area contributed by atoms with Crippen LogP contribution in [0.1, 0.15) is 5.69 Å². The van der Waals surface area contributed by atoms with Crippen LogP contribution >= 0.6 is 0 Å². The summed E-state index contributed by atoms with van der Waals surface area (Å²) in [7, 11) is 0. The number of aromatic nitrogens is 2. The minimum atomic E-state index is -4.51. The van der Waals surface area contributed by atoms with E-state index >= 15 is 0 Å². The van der Waals surface area contributed by atoms with Crippen molar-refractivity contribution in [2.24, 2.45) is 0 Å². The second-order valence-electron chi connectivity index (χ2n) is 4.03. The summed E-state index contributed by atoms with van der Waals surface area (Å²) in [4.78, 5) is 13.7. The zero-order valence-corrected chi connectivity index (χ0v) is 9.76. The average molecular weight is 276 g/mol. The number of alkyl halides is 3. The summed E-state index contributed by atoms with van der Waals surface area (Å²) in [6.45, 7) is 1.34. The van der Waals surface area contributed by atoms with Crippen LogP contribution in [0, 0.1) is 0 Å². The van der Waals surface area contributed by atoms with Crippen LogP contribution in [0.2, 0.25) is 0 Å². The summed E-state index contributed by atoms with van der Waals surface area (Å²) in [6.07, 6.45) is -5.51. The van der Waals surface area contributed by atoms with Gasteiger partial charge in [0.05, 0.1) is 0 Å². The zero-order chi connectivity index (χ0) is 14.0. The van der Waals surface area contributed by atoms with E-state index in [-0.39, 0.29) is 13.1 Å². The third-order valence-electron chi connectivity index (χ3n) is 2.82. The lowest BCUT2D eigenvalue weighted by Crippen LogP contribution is -2.48. The molecular formula is C10H11F3N4O2. The van der Waals surface area contributed by atoms with Crippen LogP contribution in [0.3, 0.4) is 0 Å². The van der Waals surface area contributed by atoms with Crippen molar-refractivity contribution in [2.75, 3.05) is 31.1 Å². The van der Waals surface area contributed by atoms with Gasteiger partial charge in [-0.2, -0.15) is 13.2 Å². The number of carboxylic acid groups (broad SMARTS) is 1. The molecule has 6 nitrogen and oxygen atoms in total. The van der Waals surface area contributed by atoms with Crippen molar-refractivity contribution in [1.82, 2.24) is 15.1 Å². The van der Waals surface area contributed by atoms with Gasteiger partial charge in [0.15, 0.2) is 11.5 Å². The molecule has 1 aliphatic rings. The van der Waals surface area contributed by atoms with Crippen molar-refractivity contribution >= 4 is 11.9 Å². The van der Waals surface area contributed by atoms with Crippen molar-refractivity contribution in [2.45, 2.75) is 6.18 Å². The second kappa shape index (κ2) is 4.90. The first-order chi connectivity index (χ1) is 8.88. The quantitative estimate of drug-likeness (QED) is 0.837. The van der Waals surface area contributed by atoms with E-state index in [0.717, 1.165) is 6.07 Å². The van der Waals surface area contributed by atoms with Gasteiger partial charge in [0.25, 0.3) is 0 Å². The second-order valence-corrected chi connectivity index (χ2v) is 4.03. The highest BCUT2D eigenvalue weighted by Crippen LogP contribution is 2.27. The predicted molar refractivity (Wildman–Crippen MR) is 58.8 cm³/mol.